The fourth-order valence-corrected chi connectivity index (χ4v) is 2.76. The van der Waals surface area contributed by atoms with E-state index >= 15 is 0 Å². The van der Waals surface area contributed by atoms with Gasteiger partial charge in [-0.25, -0.2) is 10.2 Å². The Hall–Kier alpha value is -3.48. The van der Waals surface area contributed by atoms with Crippen molar-refractivity contribution < 1.29 is 19.0 Å². The zero-order valence-electron chi connectivity index (χ0n) is 15.2. The van der Waals surface area contributed by atoms with Crippen molar-refractivity contribution in [3.05, 3.63) is 60.3 Å². The molecule has 7 heteroatoms. The first-order chi connectivity index (χ1) is 13.2. The fourth-order valence-electron chi connectivity index (χ4n) is 2.76. The Morgan fingerprint density at radius 2 is 1.85 bits per heavy atom. The van der Waals surface area contributed by atoms with Crippen molar-refractivity contribution in [3.8, 4) is 11.5 Å². The smallest absolute Gasteiger partial charge is 0.427 e. The zero-order chi connectivity index (χ0) is 19.1. The Morgan fingerprint density at radius 3 is 2.63 bits per heavy atom. The number of nitrogens with zero attached hydrogens (tertiary/aromatic N) is 2. The molecule has 140 valence electrons. The molecule has 2 aromatic carbocycles. The first-order valence-corrected chi connectivity index (χ1v) is 8.43. The summed E-state index contributed by atoms with van der Waals surface area (Å²) in [5, 5.41) is 4.95. The van der Waals surface area contributed by atoms with Crippen molar-refractivity contribution in [2.75, 3.05) is 20.8 Å². The number of benzene rings is 2. The van der Waals surface area contributed by atoms with Gasteiger partial charge in [0.1, 0.15) is 6.61 Å². The number of aromatic nitrogens is 1. The number of nitrogens with one attached hydrogen (secondary N) is 1. The molecule has 0 saturated heterocycles. The van der Waals surface area contributed by atoms with Crippen LogP contribution in [0, 0.1) is 0 Å². The second kappa shape index (κ2) is 8.75. The molecule has 0 unspecified atom stereocenters. The lowest BCUT2D eigenvalue weighted by Gasteiger charge is -2.11. The van der Waals surface area contributed by atoms with Gasteiger partial charge in [-0.05, 0) is 18.2 Å². The molecule has 0 saturated carbocycles. The number of hydrogen-bond donors (Lipinski definition) is 1. The highest BCUT2D eigenvalue weighted by atomic mass is 16.5. The molecule has 1 N–H and O–H groups in total. The predicted molar refractivity (Wildman–Crippen MR) is 104 cm³/mol. The van der Waals surface area contributed by atoms with E-state index in [1.807, 2.05) is 54.7 Å². The van der Waals surface area contributed by atoms with Gasteiger partial charge in [-0.1, -0.05) is 30.3 Å². The van der Waals surface area contributed by atoms with Crippen molar-refractivity contribution in [1.82, 2.24) is 9.99 Å². The molecule has 0 aliphatic heterocycles. The van der Waals surface area contributed by atoms with E-state index in [9.17, 15) is 4.79 Å². The number of para-hydroxylation sites is 3. The summed E-state index contributed by atoms with van der Waals surface area (Å²) in [7, 11) is 2.91. The lowest BCUT2D eigenvalue weighted by Crippen LogP contribution is -2.16. The quantitative estimate of drug-likeness (QED) is 0.513. The Balaban J connectivity index is 1.74. The van der Waals surface area contributed by atoms with Gasteiger partial charge < -0.3 is 18.8 Å². The number of fused-ring (bicyclic) bond motifs is 1. The van der Waals surface area contributed by atoms with Crippen LogP contribution in [0.1, 0.15) is 5.56 Å². The van der Waals surface area contributed by atoms with Crippen LogP contribution in [0.3, 0.4) is 0 Å². The van der Waals surface area contributed by atoms with Gasteiger partial charge in [0.05, 0.1) is 27.0 Å². The van der Waals surface area contributed by atoms with E-state index in [2.05, 4.69) is 19.8 Å². The molecule has 0 atom stereocenters. The summed E-state index contributed by atoms with van der Waals surface area (Å²) in [6.07, 6.45) is 2.95. The Labute approximate surface area is 157 Å². The van der Waals surface area contributed by atoms with Gasteiger partial charge in [0, 0.05) is 22.7 Å². The number of rotatable bonds is 7. The van der Waals surface area contributed by atoms with Crippen LogP contribution in [0.4, 0.5) is 4.79 Å². The van der Waals surface area contributed by atoms with Crippen molar-refractivity contribution in [1.29, 1.82) is 0 Å². The maximum atomic E-state index is 11.1. The zero-order valence-corrected chi connectivity index (χ0v) is 15.2. The number of hydrogen-bond acceptors (Lipinski definition) is 5. The Morgan fingerprint density at radius 1 is 1.11 bits per heavy atom. The number of amides is 1. The van der Waals surface area contributed by atoms with Gasteiger partial charge in [-0.2, -0.15) is 5.10 Å². The largest absolute Gasteiger partial charge is 0.493 e. The number of methoxy groups -OCH3 is 2. The van der Waals surface area contributed by atoms with Crippen LogP contribution in [0.15, 0.2) is 59.8 Å². The van der Waals surface area contributed by atoms with Crippen molar-refractivity contribution in [2.24, 2.45) is 5.10 Å². The van der Waals surface area contributed by atoms with Crippen LogP contribution in [0.2, 0.25) is 0 Å². The molecule has 0 fully saturated rings. The average Bonchev–Trinajstić information content (AvgIpc) is 3.06. The fraction of sp³-hybridized carbons (Fsp3) is 0.200. The van der Waals surface area contributed by atoms with Crippen molar-refractivity contribution in [2.45, 2.75) is 6.54 Å². The van der Waals surface area contributed by atoms with Crippen LogP contribution in [-0.2, 0) is 11.3 Å². The van der Waals surface area contributed by atoms with Gasteiger partial charge in [0.2, 0.25) is 0 Å². The van der Waals surface area contributed by atoms with Gasteiger partial charge in [0.25, 0.3) is 0 Å². The van der Waals surface area contributed by atoms with Gasteiger partial charge in [-0.15, -0.1) is 0 Å². The molecule has 27 heavy (non-hydrogen) atoms. The molecule has 0 spiro atoms. The average molecular weight is 367 g/mol. The molecule has 1 heterocycles. The summed E-state index contributed by atoms with van der Waals surface area (Å²) < 4.78 is 17.8. The van der Waals surface area contributed by atoms with E-state index in [1.54, 1.807) is 13.3 Å². The van der Waals surface area contributed by atoms with E-state index in [0.29, 0.717) is 24.7 Å². The van der Waals surface area contributed by atoms with E-state index in [1.165, 1.54) is 7.11 Å². The van der Waals surface area contributed by atoms with E-state index < -0.39 is 6.09 Å². The first-order valence-electron chi connectivity index (χ1n) is 8.43. The first kappa shape index (κ1) is 18.3. The van der Waals surface area contributed by atoms with E-state index in [4.69, 9.17) is 9.47 Å². The second-order valence-corrected chi connectivity index (χ2v) is 5.66. The normalized spacial score (nSPS) is 10.9. The number of carbonyl (C=O) groups excluding carboxylic acids is 1. The molecular formula is C20H21N3O4. The third-order valence-corrected chi connectivity index (χ3v) is 4.02. The van der Waals surface area contributed by atoms with Crippen molar-refractivity contribution >= 4 is 23.2 Å². The number of carbonyl (C=O) groups is 1. The summed E-state index contributed by atoms with van der Waals surface area (Å²) in [4.78, 5) is 11.1. The third kappa shape index (κ3) is 4.38. The highest BCUT2D eigenvalue weighted by molar-refractivity contribution is 5.99. The number of hydrazone groups is 1. The van der Waals surface area contributed by atoms with Crippen LogP contribution >= 0.6 is 0 Å². The Kier molecular flexibility index (Phi) is 5.94. The molecule has 3 rings (SSSR count). The molecule has 0 radical (unpaired) electrons. The third-order valence-electron chi connectivity index (χ3n) is 4.02. The lowest BCUT2D eigenvalue weighted by molar-refractivity contribution is 0.171. The van der Waals surface area contributed by atoms with E-state index in [0.717, 1.165) is 16.5 Å². The summed E-state index contributed by atoms with van der Waals surface area (Å²) in [6.45, 7) is 1.13. The summed E-state index contributed by atoms with van der Waals surface area (Å²) in [6, 6.07) is 15.5. The van der Waals surface area contributed by atoms with Crippen LogP contribution in [-0.4, -0.2) is 37.7 Å². The molecule has 7 nitrogen and oxygen atoms in total. The van der Waals surface area contributed by atoms with Crippen LogP contribution < -0.4 is 14.9 Å². The van der Waals surface area contributed by atoms with Gasteiger partial charge in [-0.3, -0.25) is 0 Å². The molecule has 3 aromatic rings. The molecule has 1 aromatic heterocycles. The van der Waals surface area contributed by atoms with Crippen molar-refractivity contribution in [3.63, 3.8) is 0 Å². The van der Waals surface area contributed by atoms with E-state index in [-0.39, 0.29) is 0 Å². The minimum Gasteiger partial charge on any atom is -0.493 e. The van der Waals surface area contributed by atoms with Crippen LogP contribution in [0.5, 0.6) is 11.5 Å². The van der Waals surface area contributed by atoms with Crippen LogP contribution in [0.25, 0.3) is 10.9 Å². The molecular weight excluding hydrogens is 346 g/mol. The monoisotopic (exact) mass is 367 g/mol. The maximum Gasteiger partial charge on any atom is 0.427 e. The minimum atomic E-state index is -0.611. The maximum absolute atomic E-state index is 11.1. The second-order valence-electron chi connectivity index (χ2n) is 5.66. The highest BCUT2D eigenvalue weighted by Crippen LogP contribution is 2.26. The Bertz CT molecular complexity index is 949. The molecule has 0 aliphatic carbocycles. The summed E-state index contributed by atoms with van der Waals surface area (Å²) >= 11 is 0. The highest BCUT2D eigenvalue weighted by Gasteiger charge is 2.08. The molecule has 1 amide bonds. The summed E-state index contributed by atoms with van der Waals surface area (Å²) in [5.74, 6) is 1.41. The molecule has 0 aliphatic rings. The van der Waals surface area contributed by atoms with Gasteiger partial charge >= 0.3 is 6.09 Å². The lowest BCUT2D eigenvalue weighted by atomic mass is 10.2. The standard InChI is InChI=1S/C20H21N3O4/c1-25-18-9-5-6-10-19(18)27-12-11-23-14-15(13-21-22-20(24)26-2)16-7-3-4-8-17(16)23/h3-10,13-14H,11-12H2,1-2H3,(H,22,24). The molecule has 0 bridgehead atoms. The van der Waals surface area contributed by atoms with Gasteiger partial charge in [0.15, 0.2) is 11.5 Å². The minimum absolute atomic E-state index is 0.482. The number of ether oxygens (including phenoxy) is 3. The predicted octanol–water partition coefficient (Wildman–Crippen LogP) is 3.42. The SMILES string of the molecule is COC(=O)NN=Cc1cn(CCOc2ccccc2OC)c2ccccc12. The topological polar surface area (TPSA) is 74.1 Å². The summed E-state index contributed by atoms with van der Waals surface area (Å²) in [5.41, 5.74) is 4.24.